The lowest BCUT2D eigenvalue weighted by Crippen LogP contribution is -2.12. The maximum absolute atomic E-state index is 10.3. The van der Waals surface area contributed by atoms with Gasteiger partial charge >= 0.3 is 7.60 Å². The van der Waals surface area contributed by atoms with Crippen molar-refractivity contribution in [2.75, 3.05) is 5.75 Å². The fourth-order valence-corrected chi connectivity index (χ4v) is 1.83. The van der Waals surface area contributed by atoms with Crippen LogP contribution in [0.4, 0.5) is 0 Å². The van der Waals surface area contributed by atoms with Gasteiger partial charge < -0.3 is 14.3 Å². The monoisotopic (exact) mass is 187 g/mol. The Bertz CT molecular complexity index is 174. The molecule has 0 amide bonds. The predicted octanol–water partition coefficient (Wildman–Crippen LogP) is -0.568. The molecule has 2 unspecified atom stereocenters. The lowest BCUT2D eigenvalue weighted by molar-refractivity contribution is 0.363. The fourth-order valence-electron chi connectivity index (χ4n) is 0.294. The van der Waals surface area contributed by atoms with Crippen LogP contribution in [-0.4, -0.2) is 30.0 Å². The Morgan fingerprint density at radius 3 is 2.20 bits per heavy atom. The average Bonchev–Trinajstić information content (AvgIpc) is 1.60. The van der Waals surface area contributed by atoms with E-state index in [1.165, 1.54) is 6.92 Å². The summed E-state index contributed by atoms with van der Waals surface area (Å²) in [5.74, 6) is -0.496. The Hall–Kier alpha value is 0.260. The predicted molar refractivity (Wildman–Crippen MR) is 35.3 cm³/mol. The molecule has 0 aliphatic heterocycles. The van der Waals surface area contributed by atoms with Crippen LogP contribution in [0.15, 0.2) is 0 Å². The molecule has 0 aromatic heterocycles. The maximum Gasteiger partial charge on any atom is 0.329 e. The molecule has 0 aromatic carbocycles. The summed E-state index contributed by atoms with van der Waals surface area (Å²) < 4.78 is 30.1. The van der Waals surface area contributed by atoms with Crippen molar-refractivity contribution in [2.24, 2.45) is 0 Å². The van der Waals surface area contributed by atoms with Crippen molar-refractivity contribution in [3.05, 3.63) is 0 Å². The zero-order valence-electron chi connectivity index (χ0n) is 5.26. The van der Waals surface area contributed by atoms with Crippen LogP contribution in [0.3, 0.4) is 0 Å². The first-order valence-electron chi connectivity index (χ1n) is 2.45. The van der Waals surface area contributed by atoms with E-state index >= 15 is 0 Å². The first kappa shape index (κ1) is 10.3. The smallest absolute Gasteiger partial charge is 0.329 e. The third-order valence-electron chi connectivity index (χ3n) is 0.951. The summed E-state index contributed by atoms with van der Waals surface area (Å²) in [5.41, 5.74) is -1.11. The van der Waals surface area contributed by atoms with Gasteiger partial charge in [-0.15, -0.1) is 0 Å². The molecular weight excluding hydrogens is 179 g/mol. The van der Waals surface area contributed by atoms with Crippen LogP contribution < -0.4 is 0 Å². The van der Waals surface area contributed by atoms with Gasteiger partial charge in [0.2, 0.25) is 0 Å². The zero-order valence-corrected chi connectivity index (χ0v) is 6.97. The van der Waals surface area contributed by atoms with Crippen LogP contribution in [0.5, 0.6) is 0 Å². The van der Waals surface area contributed by atoms with Crippen LogP contribution in [0.2, 0.25) is 0 Å². The third-order valence-corrected chi connectivity index (χ3v) is 3.30. The summed E-state index contributed by atoms with van der Waals surface area (Å²) in [6.45, 7) is 1.19. The van der Waals surface area contributed by atoms with Crippen molar-refractivity contribution < 1.29 is 23.1 Å². The van der Waals surface area contributed by atoms with E-state index in [9.17, 15) is 13.3 Å². The number of hydrogen-bond donors (Lipinski definition) is 2. The number of rotatable bonds is 3. The van der Waals surface area contributed by atoms with Crippen molar-refractivity contribution in [2.45, 2.75) is 12.6 Å². The first-order chi connectivity index (χ1) is 4.34. The molecule has 10 heavy (non-hydrogen) atoms. The normalized spacial score (nSPS) is 18.4. The summed E-state index contributed by atoms with van der Waals surface area (Å²) in [7, 11) is -4.20. The second-order valence-corrected chi connectivity index (χ2v) is 4.91. The Morgan fingerprint density at radius 1 is 1.70 bits per heavy atom. The lowest BCUT2D eigenvalue weighted by atomic mass is 10.6. The van der Waals surface area contributed by atoms with E-state index in [4.69, 9.17) is 9.79 Å². The Balaban J connectivity index is 3.98. The average molecular weight is 187 g/mol. The van der Waals surface area contributed by atoms with Gasteiger partial charge in [-0.25, -0.2) is 0 Å². The molecule has 0 fully saturated rings. The minimum atomic E-state index is -4.20. The second kappa shape index (κ2) is 3.59. The van der Waals surface area contributed by atoms with Gasteiger partial charge in [-0.05, 0) is 0 Å². The fraction of sp³-hybridized carbons (Fsp3) is 1.00. The Labute approximate surface area is 60.9 Å². The molecule has 0 aliphatic rings. The molecule has 0 saturated carbocycles. The van der Waals surface area contributed by atoms with Crippen molar-refractivity contribution in [1.82, 2.24) is 0 Å². The summed E-state index contributed by atoms with van der Waals surface area (Å²) in [5, 5.41) is 0. The van der Waals surface area contributed by atoms with E-state index in [1.807, 2.05) is 0 Å². The second-order valence-electron chi connectivity index (χ2n) is 1.91. The highest BCUT2D eigenvalue weighted by atomic mass is 32.2. The van der Waals surface area contributed by atoms with Gasteiger partial charge in [-0.2, -0.15) is 0 Å². The molecular formula is C3H8O5PS-. The molecule has 0 aromatic rings. The van der Waals surface area contributed by atoms with Gasteiger partial charge in [0.25, 0.3) is 0 Å². The molecule has 0 saturated heterocycles. The van der Waals surface area contributed by atoms with Gasteiger partial charge in [-0.1, -0.05) is 18.0 Å². The van der Waals surface area contributed by atoms with Crippen LogP contribution in [-0.2, 0) is 15.6 Å². The topological polar surface area (TPSA) is 97.7 Å². The molecule has 0 radical (unpaired) electrons. The highest BCUT2D eigenvalue weighted by molar-refractivity contribution is 7.79. The zero-order chi connectivity index (χ0) is 8.36. The van der Waals surface area contributed by atoms with E-state index in [1.54, 1.807) is 0 Å². The Morgan fingerprint density at radius 2 is 2.10 bits per heavy atom. The van der Waals surface area contributed by atoms with E-state index in [-0.39, 0.29) is 0 Å². The molecule has 0 spiro atoms. The van der Waals surface area contributed by atoms with Crippen LogP contribution in [0, 0.1) is 0 Å². The van der Waals surface area contributed by atoms with Crippen molar-refractivity contribution in [3.8, 4) is 0 Å². The van der Waals surface area contributed by atoms with Gasteiger partial charge in [0.15, 0.2) is 0 Å². The summed E-state index contributed by atoms with van der Waals surface area (Å²) >= 11 is -2.38. The molecule has 62 valence electrons. The summed E-state index contributed by atoms with van der Waals surface area (Å²) in [4.78, 5) is 16.7. The quantitative estimate of drug-likeness (QED) is 0.455. The van der Waals surface area contributed by atoms with E-state index in [0.29, 0.717) is 0 Å². The molecule has 0 bridgehead atoms. The van der Waals surface area contributed by atoms with Crippen molar-refractivity contribution >= 4 is 18.7 Å². The van der Waals surface area contributed by atoms with Crippen LogP contribution in [0.25, 0.3) is 0 Å². The van der Waals surface area contributed by atoms with E-state index in [0.717, 1.165) is 0 Å². The first-order valence-corrected chi connectivity index (χ1v) is 5.37. The molecule has 7 heteroatoms. The molecule has 0 heterocycles. The summed E-state index contributed by atoms with van der Waals surface area (Å²) in [6.07, 6.45) is 0. The molecule has 0 aliphatic carbocycles. The van der Waals surface area contributed by atoms with Gasteiger partial charge in [-0.3, -0.25) is 8.77 Å². The SMILES string of the molecule is CC(CS(=O)[O-])P(=O)(O)O. The Kier molecular flexibility index (Phi) is 3.69. The minimum absolute atomic E-state index is 0.496. The lowest BCUT2D eigenvalue weighted by Gasteiger charge is -2.13. The third kappa shape index (κ3) is 4.14. The molecule has 2 N–H and O–H groups in total. The highest BCUT2D eigenvalue weighted by Crippen LogP contribution is 2.40. The standard InChI is InChI=1S/C3H9O5PS/c1-3(2-10(7)8)9(4,5)6/h3H,2H2,1H3,(H,7,8)(H2,4,5,6)/p-1. The van der Waals surface area contributed by atoms with Crippen molar-refractivity contribution in [1.29, 1.82) is 0 Å². The van der Waals surface area contributed by atoms with Crippen LogP contribution in [0.1, 0.15) is 6.92 Å². The number of hydrogen-bond acceptors (Lipinski definition) is 3. The molecule has 0 rings (SSSR count). The molecule has 2 atom stereocenters. The van der Waals surface area contributed by atoms with Gasteiger partial charge in [0, 0.05) is 5.75 Å². The largest absolute Gasteiger partial charge is 0.772 e. The van der Waals surface area contributed by atoms with Crippen LogP contribution >= 0.6 is 7.60 Å². The summed E-state index contributed by atoms with van der Waals surface area (Å²) in [6, 6.07) is 0. The van der Waals surface area contributed by atoms with Crippen molar-refractivity contribution in [3.63, 3.8) is 0 Å². The van der Waals surface area contributed by atoms with Gasteiger partial charge in [0.1, 0.15) is 0 Å². The van der Waals surface area contributed by atoms with Gasteiger partial charge in [0.05, 0.1) is 5.66 Å². The minimum Gasteiger partial charge on any atom is -0.772 e. The van der Waals surface area contributed by atoms with E-state index < -0.39 is 30.1 Å². The highest BCUT2D eigenvalue weighted by Gasteiger charge is 2.23. The molecule has 5 nitrogen and oxygen atoms in total. The maximum atomic E-state index is 10.3. The van der Waals surface area contributed by atoms with E-state index in [2.05, 4.69) is 0 Å².